The third-order valence-corrected chi connectivity index (χ3v) is 6.68. The number of aromatic amines is 1. The van der Waals surface area contributed by atoms with Crippen molar-refractivity contribution in [3.63, 3.8) is 0 Å². The van der Waals surface area contributed by atoms with Crippen LogP contribution >= 0.6 is 0 Å². The molecule has 1 aliphatic carbocycles. The zero-order chi connectivity index (χ0) is 24.2. The molecular weight excluding hydrogens is 424 g/mol. The lowest BCUT2D eigenvalue weighted by Crippen LogP contribution is -2.46. The molecule has 1 unspecified atom stereocenters. The molecule has 0 bridgehead atoms. The van der Waals surface area contributed by atoms with Crippen LogP contribution in [0.3, 0.4) is 0 Å². The first kappa shape index (κ1) is 24.0. The third-order valence-electron chi connectivity index (χ3n) is 6.68. The van der Waals surface area contributed by atoms with Gasteiger partial charge in [0.25, 0.3) is 5.91 Å². The molecule has 1 aliphatic rings. The van der Waals surface area contributed by atoms with Gasteiger partial charge in [-0.2, -0.15) is 0 Å². The standard InChI is InChI=1S/C28H36N4O2/c1-18-6-5-7-23-25(18)19(2)26(30-23)28(34)31-24(15-14-20-8-9-20)27(33)29-16-21-10-12-22(13-11-21)17-32(3)4/h5-7,10-13,20,24,30H,8-9,14-17H2,1-4H3,(H,29,33)(H,31,34). The van der Waals surface area contributed by atoms with Crippen LogP contribution in [0.25, 0.3) is 10.9 Å². The first-order chi connectivity index (χ1) is 16.3. The molecule has 2 amide bonds. The van der Waals surface area contributed by atoms with E-state index in [2.05, 4.69) is 32.7 Å². The Morgan fingerprint density at radius 1 is 1.06 bits per heavy atom. The van der Waals surface area contributed by atoms with Crippen LogP contribution in [0.5, 0.6) is 0 Å². The fraction of sp³-hybridized carbons (Fsp3) is 0.429. The summed E-state index contributed by atoms with van der Waals surface area (Å²) in [6, 6.07) is 13.7. The van der Waals surface area contributed by atoms with Gasteiger partial charge in [-0.05, 0) is 75.0 Å². The second-order valence-electron chi connectivity index (χ2n) is 9.94. The normalized spacial score (nSPS) is 14.4. The molecule has 6 nitrogen and oxygen atoms in total. The molecular formula is C28H36N4O2. The molecule has 1 fully saturated rings. The molecule has 3 N–H and O–H groups in total. The molecule has 3 aromatic rings. The van der Waals surface area contributed by atoms with Crippen molar-refractivity contribution >= 4 is 22.7 Å². The van der Waals surface area contributed by atoms with Gasteiger partial charge in [0.05, 0.1) is 0 Å². The second-order valence-corrected chi connectivity index (χ2v) is 9.94. The molecule has 0 radical (unpaired) electrons. The van der Waals surface area contributed by atoms with Crippen LogP contribution in [0.1, 0.15) is 58.4 Å². The van der Waals surface area contributed by atoms with E-state index in [-0.39, 0.29) is 11.8 Å². The predicted octanol–water partition coefficient (Wildman–Crippen LogP) is 4.45. The quantitative estimate of drug-likeness (QED) is 0.418. The van der Waals surface area contributed by atoms with Gasteiger partial charge in [0, 0.05) is 24.0 Å². The lowest BCUT2D eigenvalue weighted by atomic mass is 10.1. The number of hydrogen-bond donors (Lipinski definition) is 3. The maximum atomic E-state index is 13.2. The minimum absolute atomic E-state index is 0.128. The topological polar surface area (TPSA) is 77.2 Å². The molecule has 180 valence electrons. The Labute approximate surface area is 202 Å². The highest BCUT2D eigenvalue weighted by atomic mass is 16.2. The van der Waals surface area contributed by atoms with Crippen molar-refractivity contribution in [2.24, 2.45) is 5.92 Å². The van der Waals surface area contributed by atoms with E-state index in [1.165, 1.54) is 18.4 Å². The summed E-state index contributed by atoms with van der Waals surface area (Å²) in [7, 11) is 4.09. The zero-order valence-electron chi connectivity index (χ0n) is 20.7. The van der Waals surface area contributed by atoms with Crippen LogP contribution in [0.15, 0.2) is 42.5 Å². The maximum absolute atomic E-state index is 13.2. The van der Waals surface area contributed by atoms with Crippen LogP contribution in [0.2, 0.25) is 0 Å². The van der Waals surface area contributed by atoms with Crippen LogP contribution in [0, 0.1) is 19.8 Å². The van der Waals surface area contributed by atoms with E-state index in [0.717, 1.165) is 40.6 Å². The van der Waals surface area contributed by atoms with E-state index in [4.69, 9.17) is 0 Å². The molecule has 1 heterocycles. The smallest absolute Gasteiger partial charge is 0.268 e. The summed E-state index contributed by atoms with van der Waals surface area (Å²) in [6.07, 6.45) is 4.06. The molecule has 6 heteroatoms. The fourth-order valence-corrected chi connectivity index (χ4v) is 4.60. The maximum Gasteiger partial charge on any atom is 0.268 e. The minimum atomic E-state index is -0.548. The Bertz CT molecular complexity index is 1160. The Hall–Kier alpha value is -3.12. The number of H-pyrrole nitrogens is 1. The van der Waals surface area contributed by atoms with E-state index < -0.39 is 6.04 Å². The van der Waals surface area contributed by atoms with Gasteiger partial charge in [-0.15, -0.1) is 0 Å². The van der Waals surface area contributed by atoms with E-state index in [0.29, 0.717) is 24.6 Å². The number of nitrogens with one attached hydrogen (secondary N) is 3. The predicted molar refractivity (Wildman–Crippen MR) is 137 cm³/mol. The number of amides is 2. The van der Waals surface area contributed by atoms with Crippen molar-refractivity contribution in [3.05, 3.63) is 70.4 Å². The Balaban J connectivity index is 1.42. The molecule has 1 saturated carbocycles. The highest BCUT2D eigenvalue weighted by molar-refractivity contribution is 6.03. The summed E-state index contributed by atoms with van der Waals surface area (Å²) in [6.45, 7) is 5.33. The monoisotopic (exact) mass is 460 g/mol. The average molecular weight is 461 g/mol. The number of fused-ring (bicyclic) bond motifs is 1. The average Bonchev–Trinajstić information content (AvgIpc) is 3.57. The van der Waals surface area contributed by atoms with Crippen LogP contribution < -0.4 is 10.6 Å². The van der Waals surface area contributed by atoms with Crippen molar-refractivity contribution in [2.45, 2.75) is 58.7 Å². The first-order valence-corrected chi connectivity index (χ1v) is 12.2. The second kappa shape index (κ2) is 10.4. The summed E-state index contributed by atoms with van der Waals surface area (Å²) in [5, 5.41) is 7.13. The number of rotatable bonds is 10. The van der Waals surface area contributed by atoms with E-state index in [9.17, 15) is 9.59 Å². The van der Waals surface area contributed by atoms with Crippen molar-refractivity contribution in [1.82, 2.24) is 20.5 Å². The van der Waals surface area contributed by atoms with Gasteiger partial charge >= 0.3 is 0 Å². The number of aromatic nitrogens is 1. The summed E-state index contributed by atoms with van der Waals surface area (Å²) in [5.41, 5.74) is 5.81. The highest BCUT2D eigenvalue weighted by Gasteiger charge is 2.28. The summed E-state index contributed by atoms with van der Waals surface area (Å²) in [4.78, 5) is 31.7. The Morgan fingerprint density at radius 2 is 1.76 bits per heavy atom. The lowest BCUT2D eigenvalue weighted by molar-refractivity contribution is -0.123. The summed E-state index contributed by atoms with van der Waals surface area (Å²) < 4.78 is 0. The van der Waals surface area contributed by atoms with Gasteiger partial charge in [0.2, 0.25) is 5.91 Å². The number of nitrogens with zero attached hydrogens (tertiary/aromatic N) is 1. The Morgan fingerprint density at radius 3 is 2.41 bits per heavy atom. The minimum Gasteiger partial charge on any atom is -0.350 e. The van der Waals surface area contributed by atoms with Gasteiger partial charge < -0.3 is 20.5 Å². The molecule has 34 heavy (non-hydrogen) atoms. The van der Waals surface area contributed by atoms with Gasteiger partial charge in [-0.25, -0.2) is 0 Å². The van der Waals surface area contributed by atoms with Crippen molar-refractivity contribution in [2.75, 3.05) is 14.1 Å². The number of aryl methyl sites for hydroxylation is 2. The van der Waals surface area contributed by atoms with Crippen molar-refractivity contribution in [1.29, 1.82) is 0 Å². The molecule has 1 atom stereocenters. The number of benzene rings is 2. The first-order valence-electron chi connectivity index (χ1n) is 12.2. The van der Waals surface area contributed by atoms with Crippen molar-refractivity contribution < 1.29 is 9.59 Å². The number of carbonyl (C=O) groups is 2. The van der Waals surface area contributed by atoms with Crippen LogP contribution in [-0.2, 0) is 17.9 Å². The van der Waals surface area contributed by atoms with E-state index in [1.807, 2.05) is 58.3 Å². The zero-order valence-corrected chi connectivity index (χ0v) is 20.7. The largest absolute Gasteiger partial charge is 0.350 e. The van der Waals surface area contributed by atoms with E-state index in [1.54, 1.807) is 0 Å². The SMILES string of the molecule is Cc1cccc2[nH]c(C(=O)NC(CCC3CC3)C(=O)NCc3ccc(CN(C)C)cc3)c(C)c12. The molecule has 0 saturated heterocycles. The Kier molecular flexibility index (Phi) is 7.37. The van der Waals surface area contributed by atoms with Crippen molar-refractivity contribution in [3.8, 4) is 0 Å². The molecule has 2 aromatic carbocycles. The molecule has 0 aliphatic heterocycles. The van der Waals surface area contributed by atoms with Crippen LogP contribution in [-0.4, -0.2) is 41.8 Å². The molecule has 1 aromatic heterocycles. The fourth-order valence-electron chi connectivity index (χ4n) is 4.60. The number of hydrogen-bond acceptors (Lipinski definition) is 3. The third kappa shape index (κ3) is 5.86. The van der Waals surface area contributed by atoms with E-state index >= 15 is 0 Å². The highest BCUT2D eigenvalue weighted by Crippen LogP contribution is 2.34. The van der Waals surface area contributed by atoms with Gasteiger partial charge in [0.15, 0.2) is 0 Å². The summed E-state index contributed by atoms with van der Waals surface area (Å²) >= 11 is 0. The lowest BCUT2D eigenvalue weighted by Gasteiger charge is -2.19. The molecule has 0 spiro atoms. The number of carbonyl (C=O) groups excluding carboxylic acids is 2. The van der Waals surface area contributed by atoms with Gasteiger partial charge in [0.1, 0.15) is 11.7 Å². The van der Waals surface area contributed by atoms with Gasteiger partial charge in [-0.1, -0.05) is 49.2 Å². The summed E-state index contributed by atoms with van der Waals surface area (Å²) in [5.74, 6) is 0.335. The van der Waals surface area contributed by atoms with Gasteiger partial charge in [-0.3, -0.25) is 9.59 Å². The molecule has 4 rings (SSSR count). The van der Waals surface area contributed by atoms with Crippen LogP contribution in [0.4, 0.5) is 0 Å².